The van der Waals surface area contributed by atoms with Crippen LogP contribution in [0.15, 0.2) is 60.7 Å². The van der Waals surface area contributed by atoms with E-state index < -0.39 is 70.7 Å². The lowest BCUT2D eigenvalue weighted by Gasteiger charge is -2.38. The van der Waals surface area contributed by atoms with Gasteiger partial charge >= 0.3 is 11.8 Å². The van der Waals surface area contributed by atoms with Crippen LogP contribution in [0.5, 0.6) is 0 Å². The highest BCUT2D eigenvalue weighted by molar-refractivity contribution is 6.35. The lowest BCUT2D eigenvalue weighted by Crippen LogP contribution is -2.60. The minimum atomic E-state index is -1.16. The van der Waals surface area contributed by atoms with Gasteiger partial charge in [0.1, 0.15) is 24.2 Å². The number of likely N-dealkylation sites (N-methyl/N-ethyl adjacent to an activating group) is 2. The predicted octanol–water partition coefficient (Wildman–Crippen LogP) is 2.40. The Labute approximate surface area is 427 Å². The van der Waals surface area contributed by atoms with Crippen molar-refractivity contribution in [2.75, 3.05) is 53.4 Å². The van der Waals surface area contributed by atoms with E-state index in [1.807, 2.05) is 102 Å². The van der Waals surface area contributed by atoms with Crippen molar-refractivity contribution in [3.8, 4) is 0 Å². The number of nitrogens with one attached hydrogen (secondary N) is 6. The Morgan fingerprint density at radius 1 is 0.528 bits per heavy atom. The Balaban J connectivity index is 1.49. The molecule has 398 valence electrons. The highest BCUT2D eigenvalue weighted by Crippen LogP contribution is 2.28. The Bertz CT molecular complexity index is 2010. The lowest BCUT2D eigenvalue weighted by molar-refractivity contribution is -0.145. The SMILES string of the molecule is CN[C@@H](C)C(=O)N[C@H](C(=O)N1CCC[C@@H]1CN(CCc1ccccc1)C(=O)[C@@H](C)NC(=O)C(=O)N[C@H](C)C(=O)N(CCc1ccccc1)C[C@@H]1CCCN1C(=O)[C@@H](NC(=O)[C@H](C)NC)C(C)(C)C)C(C)(C)C. The van der Waals surface area contributed by atoms with Crippen molar-refractivity contribution in [1.82, 2.24) is 51.5 Å². The minimum absolute atomic E-state index is 0.164. The Kier molecular flexibility index (Phi) is 21.8. The van der Waals surface area contributed by atoms with Crippen molar-refractivity contribution in [2.24, 2.45) is 10.8 Å². The molecule has 0 unspecified atom stereocenters. The van der Waals surface area contributed by atoms with Crippen molar-refractivity contribution in [3.05, 3.63) is 71.8 Å². The molecule has 2 saturated heterocycles. The monoisotopic (exact) mass is 1000 g/mol. The highest BCUT2D eigenvalue weighted by Gasteiger charge is 2.43. The summed E-state index contributed by atoms with van der Waals surface area (Å²) in [5.74, 6) is -4.16. The van der Waals surface area contributed by atoms with Gasteiger partial charge in [-0.3, -0.25) is 38.4 Å². The normalized spacial score (nSPS) is 18.4. The average molecular weight is 1000 g/mol. The van der Waals surface area contributed by atoms with Gasteiger partial charge < -0.3 is 51.5 Å². The van der Waals surface area contributed by atoms with E-state index in [2.05, 4.69) is 31.9 Å². The molecule has 72 heavy (non-hydrogen) atoms. The van der Waals surface area contributed by atoms with Crippen molar-refractivity contribution >= 4 is 47.3 Å². The molecule has 2 aromatic carbocycles. The Morgan fingerprint density at radius 3 is 1.17 bits per heavy atom. The molecule has 4 rings (SSSR count). The molecule has 2 aliphatic heterocycles. The fourth-order valence-corrected chi connectivity index (χ4v) is 9.16. The third-order valence-corrected chi connectivity index (χ3v) is 13.9. The number of rotatable bonds is 22. The smallest absolute Gasteiger partial charge is 0.309 e. The number of hydrogen-bond donors (Lipinski definition) is 6. The summed E-state index contributed by atoms with van der Waals surface area (Å²) in [6.45, 7) is 19.6. The van der Waals surface area contributed by atoms with Gasteiger partial charge in [0.15, 0.2) is 0 Å². The number of carbonyl (C=O) groups excluding carboxylic acids is 8. The zero-order valence-corrected chi connectivity index (χ0v) is 44.9. The van der Waals surface area contributed by atoms with Crippen molar-refractivity contribution in [1.29, 1.82) is 0 Å². The number of carbonyl (C=O) groups is 8. The summed E-state index contributed by atoms with van der Waals surface area (Å²) in [6.07, 6.45) is 3.63. The van der Waals surface area contributed by atoms with E-state index in [1.165, 1.54) is 13.8 Å². The van der Waals surface area contributed by atoms with Crippen molar-refractivity contribution in [2.45, 2.75) is 156 Å². The first kappa shape index (κ1) is 58.7. The van der Waals surface area contributed by atoms with Gasteiger partial charge in [0.2, 0.25) is 35.4 Å². The maximum atomic E-state index is 14.4. The van der Waals surface area contributed by atoms with Crippen LogP contribution >= 0.6 is 0 Å². The molecule has 0 saturated carbocycles. The fourth-order valence-electron chi connectivity index (χ4n) is 9.16. The van der Waals surface area contributed by atoms with Gasteiger partial charge in [0, 0.05) is 51.4 Å². The van der Waals surface area contributed by atoms with Gasteiger partial charge in [-0.25, -0.2) is 0 Å². The summed E-state index contributed by atoms with van der Waals surface area (Å²) in [5.41, 5.74) is 0.748. The molecule has 2 aliphatic rings. The van der Waals surface area contributed by atoms with Gasteiger partial charge in [-0.05, 0) is 102 Å². The van der Waals surface area contributed by atoms with Gasteiger partial charge in [0.25, 0.3) is 0 Å². The highest BCUT2D eigenvalue weighted by atomic mass is 16.2. The standard InChI is InChI=1S/C54H84N10O8/c1-35(55-11)45(65)59-43(53(5,6)7)51(71)63-29-19-25-41(63)33-61(31-27-39-21-15-13-16-22-39)49(69)37(3)57-47(67)48(68)58-38(4)50(70)62(32-28-40-23-17-14-18-24-40)34-42-26-20-30-64(42)52(72)44(54(8,9)10)60-46(66)36(2)56-12/h13-18,21-24,35-38,41-44,55-56H,19-20,25-34H2,1-12H3,(H,57,67)(H,58,68)(H,59,65)(H,60,66)/t35-,36-,37+,38+,41-,42+,43+,44+/m0/s1. The Hall–Kier alpha value is -5.88. The first-order chi connectivity index (χ1) is 33.9. The molecule has 0 bridgehead atoms. The van der Waals surface area contributed by atoms with Crippen LogP contribution in [-0.4, -0.2) is 169 Å². The second-order valence-electron chi connectivity index (χ2n) is 21.7. The number of likely N-dealkylation sites (tertiary alicyclic amines) is 2. The molecule has 18 nitrogen and oxygen atoms in total. The zero-order chi connectivity index (χ0) is 53.5. The molecular weight excluding hydrogens is 917 g/mol. The molecule has 18 heteroatoms. The van der Waals surface area contributed by atoms with E-state index in [0.29, 0.717) is 51.6 Å². The summed E-state index contributed by atoms with van der Waals surface area (Å²) in [6, 6.07) is 13.6. The summed E-state index contributed by atoms with van der Waals surface area (Å²) in [7, 11) is 3.35. The summed E-state index contributed by atoms with van der Waals surface area (Å²) in [4.78, 5) is 117. The van der Waals surface area contributed by atoms with Gasteiger partial charge in [-0.2, -0.15) is 0 Å². The van der Waals surface area contributed by atoms with Crippen LogP contribution in [0.4, 0.5) is 0 Å². The lowest BCUT2D eigenvalue weighted by atomic mass is 9.85. The average Bonchev–Trinajstić information content (AvgIpc) is 4.03. The summed E-state index contributed by atoms with van der Waals surface area (Å²) in [5, 5.41) is 16.8. The van der Waals surface area contributed by atoms with Gasteiger partial charge in [0.05, 0.1) is 12.1 Å². The molecule has 0 radical (unpaired) electrons. The van der Waals surface area contributed by atoms with Crippen LogP contribution < -0.4 is 31.9 Å². The maximum absolute atomic E-state index is 14.4. The van der Waals surface area contributed by atoms with E-state index in [9.17, 15) is 38.4 Å². The van der Waals surface area contributed by atoms with Crippen LogP contribution in [0.25, 0.3) is 0 Å². The topological polar surface area (TPSA) is 222 Å². The third-order valence-electron chi connectivity index (χ3n) is 13.9. The van der Waals surface area contributed by atoms with Crippen LogP contribution in [0.1, 0.15) is 106 Å². The largest absolute Gasteiger partial charge is 0.342 e. The molecule has 2 heterocycles. The van der Waals surface area contributed by atoms with Crippen molar-refractivity contribution in [3.63, 3.8) is 0 Å². The molecule has 2 fully saturated rings. The van der Waals surface area contributed by atoms with E-state index in [4.69, 9.17) is 0 Å². The maximum Gasteiger partial charge on any atom is 0.309 e. The van der Waals surface area contributed by atoms with Crippen LogP contribution in [0.3, 0.4) is 0 Å². The third kappa shape index (κ3) is 16.6. The molecule has 0 aliphatic carbocycles. The Morgan fingerprint density at radius 2 is 0.861 bits per heavy atom. The number of hydrogen-bond acceptors (Lipinski definition) is 10. The predicted molar refractivity (Wildman–Crippen MR) is 278 cm³/mol. The van der Waals surface area contributed by atoms with E-state index in [1.54, 1.807) is 47.5 Å². The minimum Gasteiger partial charge on any atom is -0.342 e. The summed E-state index contributed by atoms with van der Waals surface area (Å²) >= 11 is 0. The van der Waals surface area contributed by atoms with E-state index in [-0.39, 0.29) is 61.9 Å². The quantitative estimate of drug-likeness (QED) is 0.0947. The second kappa shape index (κ2) is 26.7. The second-order valence-corrected chi connectivity index (χ2v) is 21.7. The van der Waals surface area contributed by atoms with E-state index in [0.717, 1.165) is 11.1 Å². The van der Waals surface area contributed by atoms with Crippen LogP contribution in [-0.2, 0) is 51.2 Å². The molecule has 6 N–H and O–H groups in total. The van der Waals surface area contributed by atoms with Gasteiger partial charge in [-0.1, -0.05) is 102 Å². The molecule has 2 aromatic rings. The van der Waals surface area contributed by atoms with Crippen LogP contribution in [0.2, 0.25) is 0 Å². The molecule has 0 aromatic heterocycles. The fraction of sp³-hybridized carbons (Fsp3) is 0.630. The van der Waals surface area contributed by atoms with E-state index >= 15 is 0 Å². The summed E-state index contributed by atoms with van der Waals surface area (Å²) < 4.78 is 0. The molecule has 8 amide bonds. The number of nitrogens with zero attached hydrogens (tertiary/aromatic N) is 4. The van der Waals surface area contributed by atoms with Crippen molar-refractivity contribution < 1.29 is 38.4 Å². The molecular formula is C54H84N10O8. The number of amides is 8. The molecule has 0 spiro atoms. The van der Waals surface area contributed by atoms with Crippen LogP contribution in [0, 0.1) is 10.8 Å². The van der Waals surface area contributed by atoms with Gasteiger partial charge in [-0.15, -0.1) is 0 Å². The first-order valence-electron chi connectivity index (χ1n) is 25.7. The first-order valence-corrected chi connectivity index (χ1v) is 25.7. The number of benzene rings is 2. The zero-order valence-electron chi connectivity index (χ0n) is 44.9. The molecule has 8 atom stereocenters.